The smallest absolute Gasteiger partial charge is 0.335 e. The van der Waals surface area contributed by atoms with E-state index < -0.39 is 11.6 Å². The fraction of sp³-hybridized carbons (Fsp3) is 0.889. The Morgan fingerprint density at radius 3 is 2.17 bits per heavy atom. The van der Waals surface area contributed by atoms with E-state index >= 15 is 0 Å². The predicted octanol–water partition coefficient (Wildman–Crippen LogP) is 1.67. The summed E-state index contributed by atoms with van der Waals surface area (Å²) < 4.78 is 5.10. The molecular weight excluding hydrogens is 156 g/mol. The maximum Gasteiger partial charge on any atom is 0.335 e. The molecule has 1 aliphatic rings. The summed E-state index contributed by atoms with van der Waals surface area (Å²) in [5.41, 5.74) is -0.808. The van der Waals surface area contributed by atoms with Gasteiger partial charge in [0.1, 0.15) is 0 Å². The third-order valence-corrected chi connectivity index (χ3v) is 2.75. The number of carboxylic acids is 1. The van der Waals surface area contributed by atoms with Crippen LogP contribution in [-0.4, -0.2) is 23.8 Å². The van der Waals surface area contributed by atoms with Crippen LogP contribution in [0.5, 0.6) is 0 Å². The molecular formula is C9H16O3. The first-order valence-electron chi connectivity index (χ1n) is 4.20. The van der Waals surface area contributed by atoms with Crippen molar-refractivity contribution in [2.75, 3.05) is 7.11 Å². The molecule has 0 aromatic carbocycles. The maximum atomic E-state index is 10.9. The lowest BCUT2D eigenvalue weighted by molar-refractivity contribution is -0.162. The van der Waals surface area contributed by atoms with Crippen molar-refractivity contribution < 1.29 is 14.6 Å². The Kier molecular flexibility index (Phi) is 2.17. The van der Waals surface area contributed by atoms with Gasteiger partial charge in [0, 0.05) is 7.11 Å². The summed E-state index contributed by atoms with van der Waals surface area (Å²) in [5, 5.41) is 8.97. The van der Waals surface area contributed by atoms with E-state index in [4.69, 9.17) is 9.84 Å². The summed E-state index contributed by atoms with van der Waals surface area (Å²) in [6, 6.07) is 0. The molecule has 0 aliphatic heterocycles. The van der Waals surface area contributed by atoms with Crippen molar-refractivity contribution in [3.8, 4) is 0 Å². The quantitative estimate of drug-likeness (QED) is 0.689. The van der Waals surface area contributed by atoms with Crippen LogP contribution in [-0.2, 0) is 9.53 Å². The first-order valence-corrected chi connectivity index (χ1v) is 4.20. The van der Waals surface area contributed by atoms with Crippen molar-refractivity contribution in [2.24, 2.45) is 5.41 Å². The highest BCUT2D eigenvalue weighted by Gasteiger charge is 2.49. The molecule has 0 spiro atoms. The third kappa shape index (κ3) is 1.46. The van der Waals surface area contributed by atoms with E-state index in [1.807, 2.05) is 0 Å². The molecule has 1 unspecified atom stereocenters. The maximum absolute atomic E-state index is 10.9. The lowest BCUT2D eigenvalue weighted by Crippen LogP contribution is -2.38. The Hall–Kier alpha value is -0.570. The molecule has 12 heavy (non-hydrogen) atoms. The number of methoxy groups -OCH3 is 1. The lowest BCUT2D eigenvalue weighted by atomic mass is 9.89. The van der Waals surface area contributed by atoms with Gasteiger partial charge in [-0.15, -0.1) is 0 Å². The van der Waals surface area contributed by atoms with Crippen LogP contribution in [0, 0.1) is 5.41 Å². The second kappa shape index (κ2) is 2.73. The molecule has 3 heteroatoms. The number of hydrogen-bond donors (Lipinski definition) is 1. The van der Waals surface area contributed by atoms with E-state index in [0.717, 1.165) is 6.42 Å². The average Bonchev–Trinajstić information content (AvgIpc) is 2.27. The van der Waals surface area contributed by atoms with Gasteiger partial charge in [-0.25, -0.2) is 4.79 Å². The Morgan fingerprint density at radius 1 is 1.42 bits per heavy atom. The fourth-order valence-corrected chi connectivity index (χ4v) is 1.93. The van der Waals surface area contributed by atoms with Crippen LogP contribution >= 0.6 is 0 Å². The molecule has 1 atom stereocenters. The van der Waals surface area contributed by atoms with Crippen LogP contribution in [0.2, 0.25) is 0 Å². The molecule has 0 bridgehead atoms. The lowest BCUT2D eigenvalue weighted by Gasteiger charge is -2.24. The van der Waals surface area contributed by atoms with Crippen LogP contribution in [0.4, 0.5) is 0 Å². The highest BCUT2D eigenvalue weighted by molar-refractivity contribution is 5.78. The molecule has 0 amide bonds. The molecule has 0 saturated heterocycles. The Balaban J connectivity index is 2.80. The zero-order chi connectivity index (χ0) is 9.41. The molecule has 0 radical (unpaired) electrons. The Bertz CT molecular complexity index is 198. The molecule has 70 valence electrons. The number of ether oxygens (including phenoxy) is 1. The minimum atomic E-state index is -0.913. The van der Waals surface area contributed by atoms with E-state index in [1.54, 1.807) is 0 Å². The summed E-state index contributed by atoms with van der Waals surface area (Å²) in [6.45, 7) is 4.16. The van der Waals surface area contributed by atoms with E-state index in [2.05, 4.69) is 13.8 Å². The number of carbonyl (C=O) groups is 1. The summed E-state index contributed by atoms with van der Waals surface area (Å²) in [5.74, 6) is -0.824. The topological polar surface area (TPSA) is 46.5 Å². The number of hydrogen-bond acceptors (Lipinski definition) is 2. The van der Waals surface area contributed by atoms with Crippen LogP contribution in [0.25, 0.3) is 0 Å². The van der Waals surface area contributed by atoms with Crippen molar-refractivity contribution in [3.05, 3.63) is 0 Å². The van der Waals surface area contributed by atoms with Gasteiger partial charge in [-0.3, -0.25) is 0 Å². The summed E-state index contributed by atoms with van der Waals surface area (Å²) in [4.78, 5) is 10.9. The number of rotatable bonds is 2. The minimum Gasteiger partial charge on any atom is -0.479 e. The molecule has 1 fully saturated rings. The third-order valence-electron chi connectivity index (χ3n) is 2.75. The second-order valence-corrected chi connectivity index (χ2v) is 4.34. The van der Waals surface area contributed by atoms with Crippen molar-refractivity contribution in [3.63, 3.8) is 0 Å². The van der Waals surface area contributed by atoms with Gasteiger partial charge in [-0.2, -0.15) is 0 Å². The molecule has 0 aromatic heterocycles. The van der Waals surface area contributed by atoms with E-state index in [9.17, 15) is 4.79 Å². The van der Waals surface area contributed by atoms with Gasteiger partial charge in [-0.1, -0.05) is 13.8 Å². The average molecular weight is 172 g/mol. The number of carboxylic acid groups (broad SMARTS) is 1. The highest BCUT2D eigenvalue weighted by Crippen LogP contribution is 2.45. The minimum absolute atomic E-state index is 0.106. The Labute approximate surface area is 72.7 Å². The molecule has 1 N–H and O–H groups in total. The van der Waals surface area contributed by atoms with Gasteiger partial charge in [0.05, 0.1) is 0 Å². The standard InChI is InChI=1S/C9H16O3/c1-8(2)4-5-9(6-8,12-3)7(10)11/h4-6H2,1-3H3,(H,10,11). The largest absolute Gasteiger partial charge is 0.479 e. The molecule has 3 nitrogen and oxygen atoms in total. The highest BCUT2D eigenvalue weighted by atomic mass is 16.5. The van der Waals surface area contributed by atoms with Crippen LogP contribution in [0.15, 0.2) is 0 Å². The van der Waals surface area contributed by atoms with Gasteiger partial charge in [0.15, 0.2) is 5.60 Å². The van der Waals surface area contributed by atoms with Crippen molar-refractivity contribution >= 4 is 5.97 Å². The second-order valence-electron chi connectivity index (χ2n) is 4.34. The van der Waals surface area contributed by atoms with Crippen LogP contribution in [0.3, 0.4) is 0 Å². The molecule has 0 aromatic rings. The Morgan fingerprint density at radius 2 is 2.00 bits per heavy atom. The zero-order valence-corrected chi connectivity index (χ0v) is 7.89. The molecule has 0 heterocycles. The first-order chi connectivity index (χ1) is 5.42. The monoisotopic (exact) mass is 172 g/mol. The van der Waals surface area contributed by atoms with Crippen LogP contribution in [0.1, 0.15) is 33.1 Å². The van der Waals surface area contributed by atoms with Gasteiger partial charge in [-0.05, 0) is 24.7 Å². The summed E-state index contributed by atoms with van der Waals surface area (Å²) >= 11 is 0. The normalized spacial score (nSPS) is 33.6. The molecule has 1 saturated carbocycles. The van der Waals surface area contributed by atoms with Gasteiger partial charge in [0.2, 0.25) is 0 Å². The van der Waals surface area contributed by atoms with E-state index in [1.165, 1.54) is 7.11 Å². The summed E-state index contributed by atoms with van der Waals surface area (Å²) in [7, 11) is 1.48. The first kappa shape index (κ1) is 9.52. The van der Waals surface area contributed by atoms with Crippen molar-refractivity contribution in [2.45, 2.75) is 38.7 Å². The van der Waals surface area contributed by atoms with Gasteiger partial charge >= 0.3 is 5.97 Å². The zero-order valence-electron chi connectivity index (χ0n) is 7.89. The molecule has 1 rings (SSSR count). The molecule has 1 aliphatic carbocycles. The van der Waals surface area contributed by atoms with Gasteiger partial charge < -0.3 is 9.84 Å². The van der Waals surface area contributed by atoms with Crippen LogP contribution < -0.4 is 0 Å². The van der Waals surface area contributed by atoms with Gasteiger partial charge in [0.25, 0.3) is 0 Å². The fourth-order valence-electron chi connectivity index (χ4n) is 1.93. The van der Waals surface area contributed by atoms with E-state index in [-0.39, 0.29) is 5.41 Å². The SMILES string of the molecule is COC1(C(=O)O)CCC(C)(C)C1. The number of aliphatic carboxylic acids is 1. The van der Waals surface area contributed by atoms with Crippen molar-refractivity contribution in [1.82, 2.24) is 0 Å². The van der Waals surface area contributed by atoms with E-state index in [0.29, 0.717) is 12.8 Å². The van der Waals surface area contributed by atoms with Crippen molar-refractivity contribution in [1.29, 1.82) is 0 Å². The summed E-state index contributed by atoms with van der Waals surface area (Å²) in [6.07, 6.45) is 2.17. The predicted molar refractivity (Wildman–Crippen MR) is 45.0 cm³/mol.